The van der Waals surface area contributed by atoms with E-state index in [1.165, 1.54) is 0 Å². The standard InChI is InChI=1S/C20H22N4O2/c1-2-18(15-25)23(14-16-6-4-9-21-13-16)20(26)17-7-3-8-19(12-17)24-11-5-10-22-24/h3-13,18,25H,2,14-15H2,1H3/t18-/m1/s1. The van der Waals surface area contributed by atoms with Gasteiger partial charge in [0.1, 0.15) is 0 Å². The van der Waals surface area contributed by atoms with Crippen molar-refractivity contribution in [3.63, 3.8) is 0 Å². The van der Waals surface area contributed by atoms with Gasteiger partial charge in [0.05, 0.1) is 18.3 Å². The van der Waals surface area contributed by atoms with E-state index in [0.717, 1.165) is 11.3 Å². The summed E-state index contributed by atoms with van der Waals surface area (Å²) in [6.45, 7) is 2.28. The molecule has 0 saturated carbocycles. The molecule has 3 rings (SSSR count). The van der Waals surface area contributed by atoms with Gasteiger partial charge in [-0.15, -0.1) is 0 Å². The van der Waals surface area contributed by atoms with E-state index in [0.29, 0.717) is 18.5 Å². The molecule has 6 heteroatoms. The average molecular weight is 350 g/mol. The van der Waals surface area contributed by atoms with Crippen LogP contribution in [0.2, 0.25) is 0 Å². The quantitative estimate of drug-likeness (QED) is 0.711. The van der Waals surface area contributed by atoms with Gasteiger partial charge < -0.3 is 10.0 Å². The third-order valence-corrected chi connectivity index (χ3v) is 4.32. The van der Waals surface area contributed by atoms with Gasteiger partial charge in [0.25, 0.3) is 5.91 Å². The highest BCUT2D eigenvalue weighted by atomic mass is 16.3. The normalized spacial score (nSPS) is 11.9. The van der Waals surface area contributed by atoms with Crippen LogP contribution in [0.1, 0.15) is 29.3 Å². The molecule has 0 aliphatic rings. The molecule has 0 aliphatic heterocycles. The molecule has 1 amide bonds. The van der Waals surface area contributed by atoms with Crippen LogP contribution in [0.25, 0.3) is 5.69 Å². The number of amides is 1. The van der Waals surface area contributed by atoms with Gasteiger partial charge in [0, 0.05) is 36.9 Å². The Morgan fingerprint density at radius 2 is 2.12 bits per heavy atom. The third kappa shape index (κ3) is 3.97. The molecule has 0 unspecified atom stereocenters. The van der Waals surface area contributed by atoms with Gasteiger partial charge in [-0.05, 0) is 42.3 Å². The maximum atomic E-state index is 13.2. The Morgan fingerprint density at radius 3 is 2.77 bits per heavy atom. The van der Waals surface area contributed by atoms with E-state index in [4.69, 9.17) is 0 Å². The first-order valence-electron chi connectivity index (χ1n) is 8.63. The molecule has 0 spiro atoms. The molecule has 134 valence electrons. The Labute approximate surface area is 152 Å². The van der Waals surface area contributed by atoms with Gasteiger partial charge in [0.2, 0.25) is 0 Å². The Morgan fingerprint density at radius 1 is 1.23 bits per heavy atom. The molecule has 0 bridgehead atoms. The molecular weight excluding hydrogens is 328 g/mol. The van der Waals surface area contributed by atoms with Crippen molar-refractivity contribution < 1.29 is 9.90 Å². The van der Waals surface area contributed by atoms with Gasteiger partial charge in [-0.1, -0.05) is 19.1 Å². The number of hydrogen-bond donors (Lipinski definition) is 1. The zero-order chi connectivity index (χ0) is 18.4. The lowest BCUT2D eigenvalue weighted by Crippen LogP contribution is -2.41. The first-order valence-corrected chi connectivity index (χ1v) is 8.63. The Hall–Kier alpha value is -2.99. The largest absolute Gasteiger partial charge is 0.394 e. The fraction of sp³-hybridized carbons (Fsp3) is 0.250. The number of aliphatic hydroxyl groups is 1. The second-order valence-corrected chi connectivity index (χ2v) is 6.04. The SMILES string of the molecule is CC[C@H](CO)N(Cc1cccnc1)C(=O)c1cccc(-n2cccn2)c1. The number of aromatic nitrogens is 3. The summed E-state index contributed by atoms with van der Waals surface area (Å²) in [4.78, 5) is 19.0. The molecule has 2 heterocycles. The van der Waals surface area contributed by atoms with Crippen LogP contribution in [0, 0.1) is 0 Å². The van der Waals surface area contributed by atoms with Crippen molar-refractivity contribution in [3.05, 3.63) is 78.4 Å². The Balaban J connectivity index is 1.91. The number of hydrogen-bond acceptors (Lipinski definition) is 4. The smallest absolute Gasteiger partial charge is 0.254 e. The summed E-state index contributed by atoms with van der Waals surface area (Å²) in [7, 11) is 0. The van der Waals surface area contributed by atoms with Crippen LogP contribution in [0.15, 0.2) is 67.3 Å². The Kier molecular flexibility index (Phi) is 5.76. The molecule has 26 heavy (non-hydrogen) atoms. The number of carbonyl (C=O) groups excluding carboxylic acids is 1. The van der Waals surface area contributed by atoms with Crippen LogP contribution in [0.4, 0.5) is 0 Å². The summed E-state index contributed by atoms with van der Waals surface area (Å²) in [5.41, 5.74) is 2.31. The van der Waals surface area contributed by atoms with Crippen molar-refractivity contribution in [1.82, 2.24) is 19.7 Å². The van der Waals surface area contributed by atoms with E-state index in [1.54, 1.807) is 34.2 Å². The highest BCUT2D eigenvalue weighted by molar-refractivity contribution is 5.95. The second kappa shape index (κ2) is 8.40. The van der Waals surface area contributed by atoms with Gasteiger partial charge in [-0.25, -0.2) is 4.68 Å². The summed E-state index contributed by atoms with van der Waals surface area (Å²) in [5, 5.41) is 14.0. The van der Waals surface area contributed by atoms with Crippen LogP contribution in [0.3, 0.4) is 0 Å². The first kappa shape index (κ1) is 17.8. The number of aliphatic hydroxyl groups excluding tert-OH is 1. The van der Waals surface area contributed by atoms with Crippen LogP contribution < -0.4 is 0 Å². The van der Waals surface area contributed by atoms with Crippen LogP contribution in [0.5, 0.6) is 0 Å². The molecule has 6 nitrogen and oxygen atoms in total. The van der Waals surface area contributed by atoms with Crippen molar-refractivity contribution in [2.75, 3.05) is 6.61 Å². The average Bonchev–Trinajstić information content (AvgIpc) is 3.23. The van der Waals surface area contributed by atoms with E-state index in [1.807, 2.05) is 49.5 Å². The van der Waals surface area contributed by atoms with Crippen molar-refractivity contribution in [3.8, 4) is 5.69 Å². The maximum absolute atomic E-state index is 13.2. The van der Waals surface area contributed by atoms with E-state index in [-0.39, 0.29) is 18.6 Å². The van der Waals surface area contributed by atoms with Crippen molar-refractivity contribution >= 4 is 5.91 Å². The van der Waals surface area contributed by atoms with Gasteiger partial charge in [-0.3, -0.25) is 9.78 Å². The predicted octanol–water partition coefficient (Wildman–Crippen LogP) is 2.68. The number of carbonyl (C=O) groups is 1. The monoisotopic (exact) mass is 350 g/mol. The minimum Gasteiger partial charge on any atom is -0.394 e. The molecule has 1 N–H and O–H groups in total. The molecule has 3 aromatic rings. The van der Waals surface area contributed by atoms with E-state index >= 15 is 0 Å². The molecule has 0 fully saturated rings. The van der Waals surface area contributed by atoms with E-state index < -0.39 is 0 Å². The molecule has 0 saturated heterocycles. The fourth-order valence-corrected chi connectivity index (χ4v) is 2.87. The van der Waals surface area contributed by atoms with Gasteiger partial charge >= 0.3 is 0 Å². The van der Waals surface area contributed by atoms with Crippen LogP contribution in [-0.2, 0) is 6.54 Å². The topological polar surface area (TPSA) is 71.2 Å². The lowest BCUT2D eigenvalue weighted by molar-refractivity contribution is 0.0563. The zero-order valence-electron chi connectivity index (χ0n) is 14.7. The number of pyridine rings is 1. The Bertz CT molecular complexity index is 830. The van der Waals surface area contributed by atoms with E-state index in [9.17, 15) is 9.90 Å². The minimum atomic E-state index is -0.254. The van der Waals surface area contributed by atoms with Gasteiger partial charge in [0.15, 0.2) is 0 Å². The maximum Gasteiger partial charge on any atom is 0.254 e. The molecule has 1 atom stereocenters. The lowest BCUT2D eigenvalue weighted by Gasteiger charge is -2.30. The highest BCUT2D eigenvalue weighted by Crippen LogP contribution is 2.17. The van der Waals surface area contributed by atoms with E-state index in [2.05, 4.69) is 10.1 Å². The van der Waals surface area contributed by atoms with Crippen molar-refractivity contribution in [1.29, 1.82) is 0 Å². The first-order chi connectivity index (χ1) is 12.7. The van der Waals surface area contributed by atoms with Crippen LogP contribution in [-0.4, -0.2) is 43.3 Å². The summed E-state index contributed by atoms with van der Waals surface area (Å²) in [5.74, 6) is -0.122. The summed E-state index contributed by atoms with van der Waals surface area (Å²) >= 11 is 0. The summed E-state index contributed by atoms with van der Waals surface area (Å²) in [6.07, 6.45) is 7.64. The van der Waals surface area contributed by atoms with Crippen molar-refractivity contribution in [2.24, 2.45) is 0 Å². The molecule has 2 aromatic heterocycles. The number of nitrogens with zero attached hydrogens (tertiary/aromatic N) is 4. The van der Waals surface area contributed by atoms with Gasteiger partial charge in [-0.2, -0.15) is 5.10 Å². The highest BCUT2D eigenvalue weighted by Gasteiger charge is 2.23. The van der Waals surface area contributed by atoms with Crippen LogP contribution >= 0.6 is 0 Å². The number of rotatable bonds is 7. The van der Waals surface area contributed by atoms with Crippen molar-refractivity contribution in [2.45, 2.75) is 25.9 Å². The zero-order valence-corrected chi connectivity index (χ0v) is 14.7. The lowest BCUT2D eigenvalue weighted by atomic mass is 10.1. The predicted molar refractivity (Wildman–Crippen MR) is 98.8 cm³/mol. The fourth-order valence-electron chi connectivity index (χ4n) is 2.87. The molecular formula is C20H22N4O2. The molecule has 1 aromatic carbocycles. The minimum absolute atomic E-state index is 0.0820. The number of benzene rings is 1. The second-order valence-electron chi connectivity index (χ2n) is 6.04. The third-order valence-electron chi connectivity index (χ3n) is 4.32. The summed E-state index contributed by atoms with van der Waals surface area (Å²) < 4.78 is 1.71. The molecule has 0 radical (unpaired) electrons. The summed E-state index contributed by atoms with van der Waals surface area (Å²) in [6, 6.07) is 12.7. The molecule has 0 aliphatic carbocycles.